The van der Waals surface area contributed by atoms with Crippen LogP contribution in [-0.2, 0) is 13.0 Å². The quantitative estimate of drug-likeness (QED) is 0.527. The van der Waals surface area contributed by atoms with Gasteiger partial charge in [0.15, 0.2) is 0 Å². The van der Waals surface area contributed by atoms with Crippen LogP contribution in [0.25, 0.3) is 22.6 Å². The van der Waals surface area contributed by atoms with E-state index in [0.717, 1.165) is 16.8 Å². The van der Waals surface area contributed by atoms with E-state index >= 15 is 0 Å². The van der Waals surface area contributed by atoms with E-state index < -0.39 is 0 Å². The van der Waals surface area contributed by atoms with E-state index in [1.807, 2.05) is 42.5 Å². The molecule has 0 spiro atoms. The summed E-state index contributed by atoms with van der Waals surface area (Å²) in [4.78, 5) is 16.5. The molecule has 27 heavy (non-hydrogen) atoms. The lowest BCUT2D eigenvalue weighted by Crippen LogP contribution is -2.23. The van der Waals surface area contributed by atoms with Crippen LogP contribution in [0, 0.1) is 0 Å². The maximum atomic E-state index is 12.1. The Morgan fingerprint density at radius 3 is 2.48 bits per heavy atom. The first-order valence-electron chi connectivity index (χ1n) is 8.41. The zero-order valence-corrected chi connectivity index (χ0v) is 15.0. The Morgan fingerprint density at radius 1 is 0.926 bits per heavy atom. The summed E-state index contributed by atoms with van der Waals surface area (Å²) >= 11 is 5.89. The molecule has 4 rings (SSSR count). The van der Waals surface area contributed by atoms with Crippen LogP contribution in [0.5, 0.6) is 0 Å². The van der Waals surface area contributed by atoms with Crippen LogP contribution >= 0.6 is 11.6 Å². The minimum atomic E-state index is -0.174. The zero-order valence-electron chi connectivity index (χ0n) is 14.2. The van der Waals surface area contributed by atoms with Crippen molar-refractivity contribution in [1.82, 2.24) is 19.9 Å². The van der Waals surface area contributed by atoms with E-state index in [4.69, 9.17) is 16.1 Å². The third kappa shape index (κ3) is 3.96. The smallest absolute Gasteiger partial charge is 0.266 e. The fourth-order valence-corrected chi connectivity index (χ4v) is 2.77. The second-order valence-electron chi connectivity index (χ2n) is 5.91. The molecule has 7 heteroatoms. The van der Waals surface area contributed by atoms with Crippen molar-refractivity contribution in [3.05, 3.63) is 88.0 Å². The molecule has 6 nitrogen and oxygen atoms in total. The molecule has 2 heterocycles. The van der Waals surface area contributed by atoms with Gasteiger partial charge in [-0.15, -0.1) is 0 Å². The van der Waals surface area contributed by atoms with E-state index in [1.54, 1.807) is 18.2 Å². The summed E-state index contributed by atoms with van der Waals surface area (Å²) in [5.74, 6) is 0.929. The third-order valence-corrected chi connectivity index (χ3v) is 4.30. The molecule has 0 amide bonds. The van der Waals surface area contributed by atoms with Gasteiger partial charge >= 0.3 is 0 Å². The molecule has 0 unspecified atom stereocenters. The van der Waals surface area contributed by atoms with E-state index in [2.05, 4.69) is 15.2 Å². The highest BCUT2D eigenvalue weighted by Gasteiger charge is 2.10. The molecule has 0 saturated carbocycles. The van der Waals surface area contributed by atoms with Gasteiger partial charge in [-0.1, -0.05) is 47.1 Å². The Balaban J connectivity index is 1.51. The Kier molecular flexibility index (Phi) is 4.80. The van der Waals surface area contributed by atoms with Crippen molar-refractivity contribution < 1.29 is 4.52 Å². The molecule has 0 aliphatic carbocycles. The number of aromatic nitrogens is 4. The van der Waals surface area contributed by atoms with Gasteiger partial charge in [0.25, 0.3) is 5.56 Å². The standard InChI is InChI=1S/C20H15ClN4O2/c21-16-8-6-15(7-9-16)20-22-18(27-24-20)12-13-25-19(26)11-10-17(23-25)14-4-2-1-3-5-14/h1-11H,12-13H2. The van der Waals surface area contributed by atoms with Crippen LogP contribution in [0.15, 0.2) is 76.0 Å². The summed E-state index contributed by atoms with van der Waals surface area (Å²) in [5.41, 5.74) is 2.33. The average Bonchev–Trinajstić information content (AvgIpc) is 3.17. The highest BCUT2D eigenvalue weighted by atomic mass is 35.5. The maximum absolute atomic E-state index is 12.1. The third-order valence-electron chi connectivity index (χ3n) is 4.04. The van der Waals surface area contributed by atoms with E-state index in [1.165, 1.54) is 10.7 Å². The van der Waals surface area contributed by atoms with Crippen molar-refractivity contribution in [2.75, 3.05) is 0 Å². The van der Waals surface area contributed by atoms with Gasteiger partial charge < -0.3 is 4.52 Å². The van der Waals surface area contributed by atoms with E-state index in [0.29, 0.717) is 29.7 Å². The summed E-state index contributed by atoms with van der Waals surface area (Å²) < 4.78 is 6.70. The molecule has 2 aromatic carbocycles. The molecule has 0 bridgehead atoms. The van der Waals surface area contributed by atoms with Crippen LogP contribution < -0.4 is 5.56 Å². The molecule has 0 aliphatic rings. The number of aryl methyl sites for hydroxylation is 2. The highest BCUT2D eigenvalue weighted by molar-refractivity contribution is 6.30. The van der Waals surface area contributed by atoms with Crippen molar-refractivity contribution >= 4 is 11.6 Å². The largest absolute Gasteiger partial charge is 0.339 e. The van der Waals surface area contributed by atoms with E-state index in [-0.39, 0.29) is 5.56 Å². The number of rotatable bonds is 5. The summed E-state index contributed by atoms with van der Waals surface area (Å²) in [5, 5.41) is 9.06. The van der Waals surface area contributed by atoms with Crippen LogP contribution in [0.4, 0.5) is 0 Å². The van der Waals surface area contributed by atoms with Gasteiger partial charge in [-0.2, -0.15) is 10.1 Å². The van der Waals surface area contributed by atoms with Gasteiger partial charge in [-0.25, -0.2) is 4.68 Å². The Morgan fingerprint density at radius 2 is 1.70 bits per heavy atom. The fraction of sp³-hybridized carbons (Fsp3) is 0.100. The predicted molar refractivity (Wildman–Crippen MR) is 102 cm³/mol. The van der Waals surface area contributed by atoms with Gasteiger partial charge in [0.2, 0.25) is 11.7 Å². The first-order chi connectivity index (χ1) is 13.2. The molecule has 134 valence electrons. The number of nitrogens with zero attached hydrogens (tertiary/aromatic N) is 4. The predicted octanol–water partition coefficient (Wildman–Crippen LogP) is 3.86. The second kappa shape index (κ2) is 7.55. The number of halogens is 1. The average molecular weight is 379 g/mol. The molecule has 2 aromatic heterocycles. The van der Waals surface area contributed by atoms with Crippen molar-refractivity contribution in [2.45, 2.75) is 13.0 Å². The van der Waals surface area contributed by atoms with Gasteiger partial charge in [0.1, 0.15) is 0 Å². The second-order valence-corrected chi connectivity index (χ2v) is 6.35. The fourth-order valence-electron chi connectivity index (χ4n) is 2.65. The Bertz CT molecular complexity index is 1100. The molecule has 0 fully saturated rings. The molecular formula is C20H15ClN4O2. The molecule has 0 N–H and O–H groups in total. The van der Waals surface area contributed by atoms with E-state index in [9.17, 15) is 4.79 Å². The van der Waals surface area contributed by atoms with Crippen molar-refractivity contribution in [2.24, 2.45) is 0 Å². The number of hydrogen-bond acceptors (Lipinski definition) is 5. The molecular weight excluding hydrogens is 364 g/mol. The van der Waals surface area contributed by atoms with Crippen LogP contribution in [0.3, 0.4) is 0 Å². The molecule has 0 atom stereocenters. The van der Waals surface area contributed by atoms with Crippen LogP contribution in [0.2, 0.25) is 5.02 Å². The first kappa shape index (κ1) is 17.2. The van der Waals surface area contributed by atoms with Gasteiger partial charge in [0.05, 0.1) is 12.2 Å². The minimum Gasteiger partial charge on any atom is -0.339 e. The normalized spacial score (nSPS) is 10.9. The van der Waals surface area contributed by atoms with Crippen LogP contribution in [-0.4, -0.2) is 19.9 Å². The topological polar surface area (TPSA) is 73.8 Å². The van der Waals surface area contributed by atoms with Crippen molar-refractivity contribution in [3.8, 4) is 22.6 Å². The Labute approximate surface area is 160 Å². The number of hydrogen-bond donors (Lipinski definition) is 0. The lowest BCUT2D eigenvalue weighted by Gasteiger charge is -2.05. The molecule has 0 saturated heterocycles. The lowest BCUT2D eigenvalue weighted by atomic mass is 10.1. The van der Waals surface area contributed by atoms with Gasteiger partial charge in [-0.3, -0.25) is 4.79 Å². The monoisotopic (exact) mass is 378 g/mol. The zero-order chi connectivity index (χ0) is 18.6. The van der Waals surface area contributed by atoms with Crippen LogP contribution in [0.1, 0.15) is 5.89 Å². The van der Waals surface area contributed by atoms with Gasteiger partial charge in [0, 0.05) is 28.6 Å². The number of benzene rings is 2. The highest BCUT2D eigenvalue weighted by Crippen LogP contribution is 2.19. The molecule has 0 aliphatic heterocycles. The van der Waals surface area contributed by atoms with Gasteiger partial charge in [-0.05, 0) is 30.3 Å². The summed E-state index contributed by atoms with van der Waals surface area (Å²) in [7, 11) is 0. The lowest BCUT2D eigenvalue weighted by molar-refractivity contribution is 0.368. The first-order valence-corrected chi connectivity index (χ1v) is 8.79. The van der Waals surface area contributed by atoms with Crippen molar-refractivity contribution in [1.29, 1.82) is 0 Å². The molecule has 4 aromatic rings. The summed E-state index contributed by atoms with van der Waals surface area (Å²) in [6.07, 6.45) is 0.408. The summed E-state index contributed by atoms with van der Waals surface area (Å²) in [6, 6.07) is 20.1. The van der Waals surface area contributed by atoms with Crippen molar-refractivity contribution in [3.63, 3.8) is 0 Å². The maximum Gasteiger partial charge on any atom is 0.266 e. The molecule has 0 radical (unpaired) electrons. The SMILES string of the molecule is O=c1ccc(-c2ccccc2)nn1CCc1nc(-c2ccc(Cl)cc2)no1. The Hall–Kier alpha value is -3.25. The minimum absolute atomic E-state index is 0.174. The summed E-state index contributed by atoms with van der Waals surface area (Å²) in [6.45, 7) is 0.349.